The van der Waals surface area contributed by atoms with Gasteiger partial charge < -0.3 is 24.6 Å². The van der Waals surface area contributed by atoms with Gasteiger partial charge in [0.25, 0.3) is 5.91 Å². The van der Waals surface area contributed by atoms with E-state index in [0.717, 1.165) is 32.7 Å². The number of benzene rings is 3. The van der Waals surface area contributed by atoms with Gasteiger partial charge in [-0.15, -0.1) is 0 Å². The molecule has 0 spiro atoms. The van der Waals surface area contributed by atoms with Crippen molar-refractivity contribution in [1.82, 2.24) is 9.80 Å². The van der Waals surface area contributed by atoms with Crippen LogP contribution in [-0.2, 0) is 16.1 Å². The number of carbonyl (C=O) groups excluding carboxylic acids is 1. The predicted molar refractivity (Wildman–Crippen MR) is 130 cm³/mol. The van der Waals surface area contributed by atoms with E-state index in [1.807, 2.05) is 4.90 Å². The molecule has 1 saturated heterocycles. The fourth-order valence-electron chi connectivity index (χ4n) is 3.93. The average molecular weight is 481 g/mol. The number of carbonyl (C=O) groups is 3. The van der Waals surface area contributed by atoms with Gasteiger partial charge in [0.05, 0.1) is 14.2 Å². The third-order valence-electron chi connectivity index (χ3n) is 5.75. The van der Waals surface area contributed by atoms with E-state index in [9.17, 15) is 4.79 Å². The number of methoxy groups -OCH3 is 2. The minimum absolute atomic E-state index is 0.0377. The fourth-order valence-corrected chi connectivity index (χ4v) is 3.93. The molecule has 1 amide bonds. The van der Waals surface area contributed by atoms with Gasteiger partial charge in [-0.1, -0.05) is 42.5 Å². The number of amides is 1. The highest BCUT2D eigenvalue weighted by Gasteiger charge is 2.23. The molecule has 1 heterocycles. The number of fused-ring (bicyclic) bond motifs is 1. The lowest BCUT2D eigenvalue weighted by atomic mass is 10.0. The Bertz CT molecular complexity index is 1190. The zero-order valence-electron chi connectivity index (χ0n) is 19.6. The summed E-state index contributed by atoms with van der Waals surface area (Å²) >= 11 is 0. The van der Waals surface area contributed by atoms with Gasteiger partial charge in [0, 0.05) is 38.3 Å². The Labute approximate surface area is 203 Å². The molecule has 1 fully saturated rings. The second kappa shape index (κ2) is 11.8. The number of piperazine rings is 1. The lowest BCUT2D eigenvalue weighted by Gasteiger charge is -2.35. The maximum atomic E-state index is 12.9. The number of aliphatic carboxylic acids is 2. The van der Waals surface area contributed by atoms with Crippen LogP contribution in [0.4, 0.5) is 0 Å². The number of rotatable bonds is 5. The van der Waals surface area contributed by atoms with Gasteiger partial charge >= 0.3 is 11.9 Å². The molecule has 2 N–H and O–H groups in total. The van der Waals surface area contributed by atoms with Crippen LogP contribution in [0.3, 0.4) is 0 Å². The van der Waals surface area contributed by atoms with Crippen molar-refractivity contribution in [1.29, 1.82) is 0 Å². The molecule has 3 aromatic carbocycles. The molecular weight excluding hydrogens is 452 g/mol. The number of nitrogens with zero attached hydrogens (tertiary/aromatic N) is 2. The summed E-state index contributed by atoms with van der Waals surface area (Å²) in [6.45, 7) is 4.07. The zero-order valence-corrected chi connectivity index (χ0v) is 19.6. The molecular formula is C26H28N2O7. The molecule has 0 aromatic heterocycles. The molecule has 184 valence electrons. The Hall–Kier alpha value is -4.11. The maximum absolute atomic E-state index is 12.9. The van der Waals surface area contributed by atoms with E-state index in [-0.39, 0.29) is 5.91 Å². The summed E-state index contributed by atoms with van der Waals surface area (Å²) in [7, 11) is 3.17. The van der Waals surface area contributed by atoms with E-state index in [1.54, 1.807) is 32.4 Å². The van der Waals surface area contributed by atoms with Gasteiger partial charge in [-0.25, -0.2) is 9.59 Å². The van der Waals surface area contributed by atoms with Crippen LogP contribution in [0.1, 0.15) is 15.9 Å². The van der Waals surface area contributed by atoms with Crippen LogP contribution in [-0.4, -0.2) is 78.3 Å². The molecule has 35 heavy (non-hydrogen) atoms. The topological polar surface area (TPSA) is 117 Å². The van der Waals surface area contributed by atoms with Gasteiger partial charge in [0.2, 0.25) is 0 Å². The van der Waals surface area contributed by atoms with Crippen molar-refractivity contribution >= 4 is 28.6 Å². The third-order valence-corrected chi connectivity index (χ3v) is 5.75. The van der Waals surface area contributed by atoms with Gasteiger partial charge in [0.15, 0.2) is 11.5 Å². The predicted octanol–water partition coefficient (Wildman–Crippen LogP) is 2.97. The first-order valence-corrected chi connectivity index (χ1v) is 11.0. The van der Waals surface area contributed by atoms with Crippen LogP contribution >= 0.6 is 0 Å². The van der Waals surface area contributed by atoms with Crippen LogP contribution in [0, 0.1) is 0 Å². The summed E-state index contributed by atoms with van der Waals surface area (Å²) in [4.78, 5) is 35.5. The van der Waals surface area contributed by atoms with Crippen molar-refractivity contribution in [3.63, 3.8) is 0 Å². The van der Waals surface area contributed by atoms with Crippen molar-refractivity contribution in [2.24, 2.45) is 0 Å². The number of carboxylic acids is 2. The number of hydrogen-bond donors (Lipinski definition) is 2. The van der Waals surface area contributed by atoms with Crippen molar-refractivity contribution in [2.75, 3.05) is 40.4 Å². The SMILES string of the molecule is COc1ccc(C(=O)N2CCN(Cc3cccc4ccccc34)CC2)cc1OC.O=C(O)C(=O)O. The zero-order chi connectivity index (χ0) is 25.4. The standard InChI is InChI=1S/C24H26N2O3.C2H2O4/c1-28-22-11-10-19(16-23(22)29-2)24(27)26-14-12-25(13-15-26)17-20-8-5-7-18-6-3-4-9-21(18)20;3-1(4)2(5)6/h3-11,16H,12-15,17H2,1-2H3;(H,3,4)(H,5,6). The minimum Gasteiger partial charge on any atom is -0.493 e. The maximum Gasteiger partial charge on any atom is 0.414 e. The third kappa shape index (κ3) is 6.48. The Balaban J connectivity index is 0.000000509. The quantitative estimate of drug-likeness (QED) is 0.536. The first-order chi connectivity index (χ1) is 16.8. The highest BCUT2D eigenvalue weighted by Crippen LogP contribution is 2.28. The van der Waals surface area contributed by atoms with Crippen LogP contribution in [0.15, 0.2) is 60.7 Å². The van der Waals surface area contributed by atoms with Crippen molar-refractivity contribution in [2.45, 2.75) is 6.54 Å². The summed E-state index contributed by atoms with van der Waals surface area (Å²) in [6, 6.07) is 20.3. The monoisotopic (exact) mass is 480 g/mol. The lowest BCUT2D eigenvalue weighted by Crippen LogP contribution is -2.48. The van der Waals surface area contributed by atoms with Crippen molar-refractivity contribution < 1.29 is 34.1 Å². The van der Waals surface area contributed by atoms with Crippen LogP contribution in [0.25, 0.3) is 10.8 Å². The fraction of sp³-hybridized carbons (Fsp3) is 0.269. The lowest BCUT2D eigenvalue weighted by molar-refractivity contribution is -0.159. The van der Waals surface area contributed by atoms with Crippen molar-refractivity contribution in [3.05, 3.63) is 71.8 Å². The average Bonchev–Trinajstić information content (AvgIpc) is 2.89. The highest BCUT2D eigenvalue weighted by molar-refractivity contribution is 6.27. The molecule has 0 saturated carbocycles. The summed E-state index contributed by atoms with van der Waals surface area (Å²) < 4.78 is 10.6. The summed E-state index contributed by atoms with van der Waals surface area (Å²) in [5.41, 5.74) is 1.97. The van der Waals surface area contributed by atoms with Gasteiger partial charge in [-0.05, 0) is 34.5 Å². The summed E-state index contributed by atoms with van der Waals surface area (Å²) in [5.74, 6) is -2.40. The summed E-state index contributed by atoms with van der Waals surface area (Å²) in [5, 5.41) is 17.4. The van der Waals surface area contributed by atoms with Crippen LogP contribution < -0.4 is 9.47 Å². The smallest absolute Gasteiger partial charge is 0.414 e. The molecule has 9 heteroatoms. The van der Waals surface area contributed by atoms with E-state index in [1.165, 1.54) is 16.3 Å². The van der Waals surface area contributed by atoms with Crippen LogP contribution in [0.2, 0.25) is 0 Å². The van der Waals surface area contributed by atoms with Crippen LogP contribution in [0.5, 0.6) is 11.5 Å². The number of hydrogen-bond acceptors (Lipinski definition) is 6. The molecule has 4 rings (SSSR count). The first-order valence-electron chi connectivity index (χ1n) is 11.0. The largest absolute Gasteiger partial charge is 0.493 e. The second-order valence-corrected chi connectivity index (χ2v) is 7.89. The van der Waals surface area contributed by atoms with Gasteiger partial charge in [-0.3, -0.25) is 9.69 Å². The highest BCUT2D eigenvalue weighted by atomic mass is 16.5. The molecule has 1 aliphatic rings. The first kappa shape index (κ1) is 25.5. The van der Waals surface area contributed by atoms with Gasteiger partial charge in [0.1, 0.15) is 0 Å². The van der Waals surface area contributed by atoms with E-state index >= 15 is 0 Å². The van der Waals surface area contributed by atoms with Crippen molar-refractivity contribution in [3.8, 4) is 11.5 Å². The molecule has 0 atom stereocenters. The Morgan fingerprint density at radius 1 is 0.800 bits per heavy atom. The molecule has 1 aliphatic heterocycles. The Kier molecular flexibility index (Phi) is 8.63. The molecule has 3 aromatic rings. The van der Waals surface area contributed by atoms with E-state index < -0.39 is 11.9 Å². The van der Waals surface area contributed by atoms with E-state index in [0.29, 0.717) is 17.1 Å². The van der Waals surface area contributed by atoms with E-state index in [4.69, 9.17) is 29.3 Å². The normalized spacial score (nSPS) is 13.5. The Morgan fingerprint density at radius 3 is 2.06 bits per heavy atom. The molecule has 9 nitrogen and oxygen atoms in total. The molecule has 0 aliphatic carbocycles. The molecule has 0 radical (unpaired) electrons. The Morgan fingerprint density at radius 2 is 1.43 bits per heavy atom. The summed E-state index contributed by atoms with van der Waals surface area (Å²) in [6.07, 6.45) is 0. The number of ether oxygens (including phenoxy) is 2. The molecule has 0 bridgehead atoms. The van der Waals surface area contributed by atoms with Gasteiger partial charge in [-0.2, -0.15) is 0 Å². The minimum atomic E-state index is -1.82. The second-order valence-electron chi connectivity index (χ2n) is 7.89. The number of carboxylic acid groups (broad SMARTS) is 2. The van der Waals surface area contributed by atoms with E-state index in [2.05, 4.69) is 47.4 Å². The molecule has 0 unspecified atom stereocenters.